The predicted octanol–water partition coefficient (Wildman–Crippen LogP) is 4.14. The summed E-state index contributed by atoms with van der Waals surface area (Å²) >= 11 is 0. The molecule has 0 aliphatic carbocycles. The molecule has 0 saturated heterocycles. The topological polar surface area (TPSA) is 29.1 Å². The van der Waals surface area contributed by atoms with E-state index >= 15 is 0 Å². The van der Waals surface area contributed by atoms with Gasteiger partial charge in [0.1, 0.15) is 0 Å². The first-order chi connectivity index (χ1) is 8.95. The first-order valence-electron chi connectivity index (χ1n) is 6.84. The van der Waals surface area contributed by atoms with Gasteiger partial charge in [-0.1, -0.05) is 55.8 Å². The molecular formula is C16H25NOS. The molecule has 0 radical (unpaired) electrons. The smallest absolute Gasteiger partial charge is 0.0978 e. The molecule has 0 spiro atoms. The third-order valence-corrected chi connectivity index (χ3v) is 4.31. The van der Waals surface area contributed by atoms with Crippen molar-refractivity contribution in [2.75, 3.05) is 0 Å². The highest BCUT2D eigenvalue weighted by atomic mass is 32.2. The lowest BCUT2D eigenvalue weighted by Gasteiger charge is -2.22. The maximum atomic E-state index is 12.2. The van der Waals surface area contributed by atoms with Crippen molar-refractivity contribution in [1.29, 1.82) is 0 Å². The fraction of sp³-hybridized carbons (Fsp3) is 0.500. The molecule has 0 saturated carbocycles. The van der Waals surface area contributed by atoms with Gasteiger partial charge in [0.15, 0.2) is 0 Å². The molecule has 0 aromatic heterocycles. The van der Waals surface area contributed by atoms with Crippen molar-refractivity contribution in [2.24, 2.45) is 0 Å². The fourth-order valence-corrected chi connectivity index (χ4v) is 2.37. The minimum absolute atomic E-state index is 0.00723. The van der Waals surface area contributed by atoms with Crippen LogP contribution in [0.15, 0.2) is 42.5 Å². The van der Waals surface area contributed by atoms with E-state index in [4.69, 9.17) is 0 Å². The third-order valence-electron chi connectivity index (χ3n) is 2.73. The Kier molecular flexibility index (Phi) is 6.46. The van der Waals surface area contributed by atoms with E-state index in [0.29, 0.717) is 0 Å². The molecule has 1 N–H and O–H groups in total. The Balaban J connectivity index is 2.85. The van der Waals surface area contributed by atoms with Crippen LogP contribution in [-0.2, 0) is 11.0 Å². The summed E-state index contributed by atoms with van der Waals surface area (Å²) < 4.78 is 15.2. The molecule has 0 fully saturated rings. The summed E-state index contributed by atoms with van der Waals surface area (Å²) in [4.78, 5) is 0. The number of allylic oxidation sites excluding steroid dienone is 1. The fourth-order valence-electron chi connectivity index (χ4n) is 1.57. The average molecular weight is 279 g/mol. The molecule has 0 amide bonds. The van der Waals surface area contributed by atoms with Crippen LogP contribution in [0.3, 0.4) is 0 Å². The van der Waals surface area contributed by atoms with Crippen LogP contribution in [0.1, 0.15) is 52.1 Å². The van der Waals surface area contributed by atoms with Crippen LogP contribution in [-0.4, -0.2) is 8.96 Å². The van der Waals surface area contributed by atoms with Gasteiger partial charge in [-0.3, -0.25) is 0 Å². The molecule has 0 unspecified atom stereocenters. The van der Waals surface area contributed by atoms with Gasteiger partial charge >= 0.3 is 0 Å². The van der Waals surface area contributed by atoms with Gasteiger partial charge in [0.25, 0.3) is 0 Å². The van der Waals surface area contributed by atoms with E-state index in [1.54, 1.807) is 0 Å². The van der Waals surface area contributed by atoms with Gasteiger partial charge in [0.2, 0.25) is 0 Å². The zero-order valence-corrected chi connectivity index (χ0v) is 13.2. The van der Waals surface area contributed by atoms with Crippen molar-refractivity contribution in [2.45, 2.75) is 51.3 Å². The second-order valence-electron chi connectivity index (χ2n) is 5.60. The molecule has 2 nitrogen and oxygen atoms in total. The van der Waals surface area contributed by atoms with Gasteiger partial charge in [-0.15, -0.1) is 0 Å². The summed E-state index contributed by atoms with van der Waals surface area (Å²) in [6.07, 6.45) is 6.44. The molecule has 0 bridgehead atoms. The van der Waals surface area contributed by atoms with Crippen LogP contribution in [0.4, 0.5) is 0 Å². The number of benzene rings is 1. The molecule has 1 aromatic rings. The van der Waals surface area contributed by atoms with E-state index in [0.717, 1.165) is 18.4 Å². The molecule has 3 heteroatoms. The molecule has 1 aromatic carbocycles. The highest BCUT2D eigenvalue weighted by molar-refractivity contribution is 7.84. The summed E-state index contributed by atoms with van der Waals surface area (Å²) in [5.41, 5.74) is 1.15. The van der Waals surface area contributed by atoms with Crippen LogP contribution < -0.4 is 4.72 Å². The molecule has 2 atom stereocenters. The molecular weight excluding hydrogens is 254 g/mol. The highest BCUT2D eigenvalue weighted by Gasteiger charge is 2.22. The molecule has 0 heterocycles. The van der Waals surface area contributed by atoms with Gasteiger partial charge in [-0.2, -0.15) is 0 Å². The SMILES string of the molecule is CCC/C=C/[C@@H](N[S@](=O)C(C)(C)C)c1ccccc1. The molecule has 19 heavy (non-hydrogen) atoms. The predicted molar refractivity (Wildman–Crippen MR) is 84.3 cm³/mol. The lowest BCUT2D eigenvalue weighted by atomic mass is 10.1. The first-order valence-corrected chi connectivity index (χ1v) is 7.99. The van der Waals surface area contributed by atoms with E-state index in [9.17, 15) is 4.21 Å². The van der Waals surface area contributed by atoms with E-state index in [1.807, 2.05) is 39.0 Å². The number of hydrogen-bond donors (Lipinski definition) is 1. The van der Waals surface area contributed by atoms with Gasteiger partial charge in [0.05, 0.1) is 21.8 Å². The summed E-state index contributed by atoms with van der Waals surface area (Å²) in [7, 11) is -1.07. The van der Waals surface area contributed by atoms with E-state index in [2.05, 4.69) is 35.9 Å². The van der Waals surface area contributed by atoms with Crippen LogP contribution in [0.25, 0.3) is 0 Å². The Labute approximate surface area is 119 Å². The van der Waals surface area contributed by atoms with Crippen molar-refractivity contribution in [1.82, 2.24) is 4.72 Å². The summed E-state index contributed by atoms with van der Waals surface area (Å²) in [6.45, 7) is 8.10. The van der Waals surface area contributed by atoms with Crippen LogP contribution in [0.2, 0.25) is 0 Å². The first kappa shape index (κ1) is 16.1. The Morgan fingerprint density at radius 1 is 1.26 bits per heavy atom. The standard InChI is InChI=1S/C16H25NOS/c1-5-6-8-13-15(14-11-9-7-10-12-14)17-19(18)16(2,3)4/h7-13,15,17H,5-6H2,1-4H3/b13-8+/t15-,19-/m1/s1. The molecule has 0 aliphatic heterocycles. The van der Waals surface area contributed by atoms with Crippen LogP contribution in [0.5, 0.6) is 0 Å². The zero-order chi connectivity index (χ0) is 14.3. The lowest BCUT2D eigenvalue weighted by molar-refractivity contribution is 0.626. The molecule has 106 valence electrons. The van der Waals surface area contributed by atoms with Crippen LogP contribution in [0, 0.1) is 0 Å². The van der Waals surface area contributed by atoms with Crippen LogP contribution >= 0.6 is 0 Å². The van der Waals surface area contributed by atoms with Crippen molar-refractivity contribution < 1.29 is 4.21 Å². The van der Waals surface area contributed by atoms with E-state index < -0.39 is 11.0 Å². The largest absolute Gasteiger partial charge is 0.242 e. The van der Waals surface area contributed by atoms with Crippen molar-refractivity contribution in [3.8, 4) is 0 Å². The summed E-state index contributed by atoms with van der Waals surface area (Å²) in [6, 6.07) is 10.2. The van der Waals surface area contributed by atoms with Crippen molar-refractivity contribution in [3.63, 3.8) is 0 Å². The van der Waals surface area contributed by atoms with Crippen molar-refractivity contribution in [3.05, 3.63) is 48.0 Å². The maximum Gasteiger partial charge on any atom is 0.0978 e. The second kappa shape index (κ2) is 7.61. The Morgan fingerprint density at radius 3 is 2.42 bits per heavy atom. The Hall–Kier alpha value is -0.930. The Bertz CT molecular complexity index is 420. The molecule has 0 aliphatic rings. The maximum absolute atomic E-state index is 12.2. The lowest BCUT2D eigenvalue weighted by Crippen LogP contribution is -2.35. The second-order valence-corrected chi connectivity index (χ2v) is 7.60. The zero-order valence-electron chi connectivity index (χ0n) is 12.3. The van der Waals surface area contributed by atoms with Crippen molar-refractivity contribution >= 4 is 11.0 Å². The summed E-state index contributed by atoms with van der Waals surface area (Å²) in [5, 5.41) is 0. The van der Waals surface area contributed by atoms with Gasteiger partial charge < -0.3 is 0 Å². The minimum atomic E-state index is -1.07. The minimum Gasteiger partial charge on any atom is -0.242 e. The quantitative estimate of drug-likeness (QED) is 0.779. The number of rotatable bonds is 6. The monoisotopic (exact) mass is 279 g/mol. The third kappa shape index (κ3) is 5.70. The van der Waals surface area contributed by atoms with E-state index in [1.165, 1.54) is 0 Å². The number of hydrogen-bond acceptors (Lipinski definition) is 1. The van der Waals surface area contributed by atoms with E-state index in [-0.39, 0.29) is 10.8 Å². The molecule has 1 rings (SSSR count). The van der Waals surface area contributed by atoms with Gasteiger partial charge in [-0.05, 0) is 32.8 Å². The highest BCUT2D eigenvalue weighted by Crippen LogP contribution is 2.18. The van der Waals surface area contributed by atoms with Gasteiger partial charge in [0, 0.05) is 0 Å². The summed E-state index contributed by atoms with van der Waals surface area (Å²) in [5.74, 6) is 0. The van der Waals surface area contributed by atoms with Gasteiger partial charge in [-0.25, -0.2) is 8.93 Å². The number of unbranched alkanes of at least 4 members (excludes halogenated alkanes) is 1. The number of nitrogens with one attached hydrogen (secondary N) is 1. The Morgan fingerprint density at radius 2 is 1.89 bits per heavy atom. The normalized spacial score (nSPS) is 15.6. The average Bonchev–Trinajstić information content (AvgIpc) is 2.37.